The van der Waals surface area contributed by atoms with Gasteiger partial charge < -0.3 is 15.2 Å². The first-order valence-corrected chi connectivity index (χ1v) is 6.13. The van der Waals surface area contributed by atoms with E-state index in [1.54, 1.807) is 7.11 Å². The predicted octanol–water partition coefficient (Wildman–Crippen LogP) is 1.99. The average Bonchev–Trinajstić information content (AvgIpc) is 2.38. The van der Waals surface area contributed by atoms with Gasteiger partial charge >= 0.3 is 0 Å². The third-order valence-corrected chi connectivity index (χ3v) is 3.63. The van der Waals surface area contributed by atoms with Crippen LogP contribution in [-0.2, 0) is 11.2 Å². The lowest BCUT2D eigenvalue weighted by Gasteiger charge is -2.38. The van der Waals surface area contributed by atoms with Gasteiger partial charge in [-0.15, -0.1) is 0 Å². The fourth-order valence-corrected chi connectivity index (χ4v) is 2.52. The Labute approximate surface area is 103 Å². The van der Waals surface area contributed by atoms with Crippen molar-refractivity contribution in [1.29, 1.82) is 0 Å². The summed E-state index contributed by atoms with van der Waals surface area (Å²) in [5, 5.41) is 0. The molecule has 0 saturated carbocycles. The minimum absolute atomic E-state index is 0.0176. The monoisotopic (exact) mass is 235 g/mol. The van der Waals surface area contributed by atoms with Crippen molar-refractivity contribution in [3.8, 4) is 5.75 Å². The van der Waals surface area contributed by atoms with Crippen LogP contribution in [0.3, 0.4) is 0 Å². The Morgan fingerprint density at radius 3 is 2.94 bits per heavy atom. The number of hydrogen-bond acceptors (Lipinski definition) is 3. The Morgan fingerprint density at radius 1 is 1.47 bits per heavy atom. The standard InChI is InChI=1S/C14H21NO2/c1-11(16-2)7-14(9-15)8-12-5-3-4-6-13(12)17-10-14/h3-6,11H,7-10,15H2,1-2H3. The maximum absolute atomic E-state index is 5.96. The van der Waals surface area contributed by atoms with E-state index in [2.05, 4.69) is 19.1 Å². The number of hydrogen-bond donors (Lipinski definition) is 1. The molecule has 0 spiro atoms. The van der Waals surface area contributed by atoms with Crippen molar-refractivity contribution < 1.29 is 9.47 Å². The van der Waals surface area contributed by atoms with Gasteiger partial charge in [-0.2, -0.15) is 0 Å². The van der Waals surface area contributed by atoms with Crippen molar-refractivity contribution in [2.45, 2.75) is 25.9 Å². The van der Waals surface area contributed by atoms with Gasteiger partial charge in [0.25, 0.3) is 0 Å². The van der Waals surface area contributed by atoms with E-state index in [4.69, 9.17) is 15.2 Å². The van der Waals surface area contributed by atoms with E-state index in [0.29, 0.717) is 13.2 Å². The number of methoxy groups -OCH3 is 1. The number of nitrogens with two attached hydrogens (primary N) is 1. The molecular weight excluding hydrogens is 214 g/mol. The van der Waals surface area contributed by atoms with Gasteiger partial charge in [0, 0.05) is 19.1 Å². The summed E-state index contributed by atoms with van der Waals surface area (Å²) in [6.07, 6.45) is 2.13. The normalized spacial score (nSPS) is 24.9. The molecule has 3 heteroatoms. The molecule has 3 nitrogen and oxygen atoms in total. The van der Waals surface area contributed by atoms with Crippen LogP contribution in [0.15, 0.2) is 24.3 Å². The zero-order valence-electron chi connectivity index (χ0n) is 10.6. The summed E-state index contributed by atoms with van der Waals surface area (Å²) in [5.41, 5.74) is 7.24. The van der Waals surface area contributed by atoms with E-state index in [-0.39, 0.29) is 11.5 Å². The molecule has 1 aromatic carbocycles. The smallest absolute Gasteiger partial charge is 0.122 e. The van der Waals surface area contributed by atoms with Crippen molar-refractivity contribution >= 4 is 0 Å². The molecule has 1 heterocycles. The molecule has 0 bridgehead atoms. The maximum atomic E-state index is 5.96. The minimum atomic E-state index is 0.0176. The SMILES string of the molecule is COC(C)CC1(CN)COc2ccccc2C1. The molecule has 0 aromatic heterocycles. The van der Waals surface area contributed by atoms with E-state index in [9.17, 15) is 0 Å². The second-order valence-corrected chi connectivity index (χ2v) is 5.03. The van der Waals surface area contributed by atoms with Gasteiger partial charge in [0.2, 0.25) is 0 Å². The van der Waals surface area contributed by atoms with Crippen LogP contribution in [0.4, 0.5) is 0 Å². The fourth-order valence-electron chi connectivity index (χ4n) is 2.52. The summed E-state index contributed by atoms with van der Waals surface area (Å²) in [6.45, 7) is 3.40. The highest BCUT2D eigenvalue weighted by Crippen LogP contribution is 2.37. The van der Waals surface area contributed by atoms with Crippen molar-refractivity contribution in [1.82, 2.24) is 0 Å². The summed E-state index contributed by atoms with van der Waals surface area (Å²) in [6, 6.07) is 8.20. The lowest BCUT2D eigenvalue weighted by Crippen LogP contribution is -2.43. The third-order valence-electron chi connectivity index (χ3n) is 3.63. The van der Waals surface area contributed by atoms with Gasteiger partial charge in [0.1, 0.15) is 5.75 Å². The highest BCUT2D eigenvalue weighted by molar-refractivity contribution is 5.36. The quantitative estimate of drug-likeness (QED) is 0.868. The van der Waals surface area contributed by atoms with E-state index in [1.165, 1.54) is 5.56 Å². The van der Waals surface area contributed by atoms with Crippen molar-refractivity contribution in [3.05, 3.63) is 29.8 Å². The first kappa shape index (κ1) is 12.4. The molecule has 1 aliphatic heterocycles. The van der Waals surface area contributed by atoms with Gasteiger partial charge in [-0.3, -0.25) is 0 Å². The van der Waals surface area contributed by atoms with Crippen LogP contribution in [0.1, 0.15) is 18.9 Å². The first-order chi connectivity index (χ1) is 8.19. The molecule has 1 aromatic rings. The Bertz CT molecular complexity index is 380. The second-order valence-electron chi connectivity index (χ2n) is 5.03. The number of benzene rings is 1. The Balaban J connectivity index is 2.17. The molecule has 0 fully saturated rings. The highest BCUT2D eigenvalue weighted by Gasteiger charge is 2.36. The molecule has 2 unspecified atom stereocenters. The van der Waals surface area contributed by atoms with Crippen LogP contribution < -0.4 is 10.5 Å². The van der Waals surface area contributed by atoms with Gasteiger partial charge in [-0.25, -0.2) is 0 Å². The van der Waals surface area contributed by atoms with Crippen molar-refractivity contribution in [2.75, 3.05) is 20.3 Å². The van der Waals surface area contributed by atoms with E-state index in [0.717, 1.165) is 18.6 Å². The van der Waals surface area contributed by atoms with Crippen molar-refractivity contribution in [3.63, 3.8) is 0 Å². The maximum Gasteiger partial charge on any atom is 0.122 e. The minimum Gasteiger partial charge on any atom is -0.493 e. The fraction of sp³-hybridized carbons (Fsp3) is 0.571. The Morgan fingerprint density at radius 2 is 2.24 bits per heavy atom. The van der Waals surface area contributed by atoms with Crippen LogP contribution in [0.2, 0.25) is 0 Å². The van der Waals surface area contributed by atoms with Crippen molar-refractivity contribution in [2.24, 2.45) is 11.1 Å². The molecule has 0 aliphatic carbocycles. The van der Waals surface area contributed by atoms with Gasteiger partial charge in [-0.1, -0.05) is 18.2 Å². The molecule has 2 atom stereocenters. The predicted molar refractivity (Wildman–Crippen MR) is 68.2 cm³/mol. The molecule has 94 valence electrons. The number of ether oxygens (including phenoxy) is 2. The molecule has 2 rings (SSSR count). The van der Waals surface area contributed by atoms with E-state index >= 15 is 0 Å². The molecule has 0 amide bonds. The first-order valence-electron chi connectivity index (χ1n) is 6.13. The van der Waals surface area contributed by atoms with Crippen LogP contribution in [0, 0.1) is 5.41 Å². The largest absolute Gasteiger partial charge is 0.493 e. The zero-order chi connectivity index (χ0) is 12.3. The number of para-hydroxylation sites is 1. The number of rotatable bonds is 4. The molecule has 17 heavy (non-hydrogen) atoms. The summed E-state index contributed by atoms with van der Waals surface area (Å²) >= 11 is 0. The van der Waals surface area contributed by atoms with E-state index < -0.39 is 0 Å². The van der Waals surface area contributed by atoms with Crippen LogP contribution in [-0.4, -0.2) is 26.4 Å². The van der Waals surface area contributed by atoms with E-state index in [1.807, 2.05) is 12.1 Å². The molecule has 2 N–H and O–H groups in total. The Hall–Kier alpha value is -1.06. The topological polar surface area (TPSA) is 44.5 Å². The third kappa shape index (κ3) is 2.61. The molecular formula is C14H21NO2. The Kier molecular flexibility index (Phi) is 3.69. The summed E-state index contributed by atoms with van der Waals surface area (Å²) in [4.78, 5) is 0. The van der Waals surface area contributed by atoms with Crippen LogP contribution in [0.5, 0.6) is 5.75 Å². The lowest BCUT2D eigenvalue weighted by atomic mass is 9.76. The lowest BCUT2D eigenvalue weighted by molar-refractivity contribution is 0.0340. The highest BCUT2D eigenvalue weighted by atomic mass is 16.5. The average molecular weight is 235 g/mol. The summed E-state index contributed by atoms with van der Waals surface area (Å²) < 4.78 is 11.2. The zero-order valence-corrected chi connectivity index (χ0v) is 10.6. The summed E-state index contributed by atoms with van der Waals surface area (Å²) in [7, 11) is 1.74. The molecule has 1 aliphatic rings. The number of fused-ring (bicyclic) bond motifs is 1. The second kappa shape index (κ2) is 5.07. The van der Waals surface area contributed by atoms with Crippen LogP contribution >= 0.6 is 0 Å². The summed E-state index contributed by atoms with van der Waals surface area (Å²) in [5.74, 6) is 1.00. The molecule has 0 saturated heterocycles. The van der Waals surface area contributed by atoms with Crippen LogP contribution in [0.25, 0.3) is 0 Å². The van der Waals surface area contributed by atoms with Gasteiger partial charge in [0.05, 0.1) is 12.7 Å². The van der Waals surface area contributed by atoms with Gasteiger partial charge in [-0.05, 0) is 31.4 Å². The van der Waals surface area contributed by atoms with Gasteiger partial charge in [0.15, 0.2) is 0 Å². The molecule has 0 radical (unpaired) electrons.